The van der Waals surface area contributed by atoms with Gasteiger partial charge in [-0.05, 0) is 13.3 Å². The first-order chi connectivity index (χ1) is 9.02. The first kappa shape index (κ1) is 15.2. The summed E-state index contributed by atoms with van der Waals surface area (Å²) in [5.41, 5.74) is 0.331. The lowest BCUT2D eigenvalue weighted by Crippen LogP contribution is -2.63. The third-order valence-electron chi connectivity index (χ3n) is 3.06. The maximum absolute atomic E-state index is 12.1. The van der Waals surface area contributed by atoms with E-state index in [0.29, 0.717) is 17.4 Å². The van der Waals surface area contributed by atoms with E-state index in [-0.39, 0.29) is 11.3 Å². The van der Waals surface area contributed by atoms with Crippen LogP contribution in [0.25, 0.3) is 0 Å². The van der Waals surface area contributed by atoms with Crippen LogP contribution in [0.1, 0.15) is 13.3 Å². The van der Waals surface area contributed by atoms with E-state index in [0.717, 1.165) is 4.91 Å². The zero-order valence-electron chi connectivity index (χ0n) is 10.5. The van der Waals surface area contributed by atoms with Crippen LogP contribution >= 0.6 is 37.5 Å². The van der Waals surface area contributed by atoms with Crippen LogP contribution in [-0.4, -0.2) is 45.8 Å². The topological polar surface area (TPSA) is 66.8 Å². The largest absolute Gasteiger partial charge is 0.464 e. The quantitative estimate of drug-likeness (QED) is 0.353. The van der Waals surface area contributed by atoms with Crippen LogP contribution in [-0.2, 0) is 14.3 Å². The summed E-state index contributed by atoms with van der Waals surface area (Å²) in [6.07, 6.45) is -0.0451. The number of halogens is 1. The Morgan fingerprint density at radius 1 is 1.63 bits per heavy atom. The Hall–Kier alpha value is -0.180. The Bertz CT molecular complexity index is 440. The van der Waals surface area contributed by atoms with Crippen LogP contribution in [0.2, 0.25) is 0 Å². The highest BCUT2D eigenvalue weighted by Gasteiger charge is 2.55. The minimum atomic E-state index is -0.710. The number of esters is 1. The number of hydrogen-bond donors (Lipinski definition) is 1. The molecule has 0 saturated carbocycles. The number of ether oxygens (including phenoxy) is 1. The molecule has 0 aromatic rings. The summed E-state index contributed by atoms with van der Waals surface area (Å²) < 4.78 is 4.77. The molecule has 0 aromatic heterocycles. The highest BCUT2D eigenvalue weighted by atomic mass is 79.9. The zero-order chi connectivity index (χ0) is 14.2. The fourth-order valence-electron chi connectivity index (χ4n) is 2.11. The van der Waals surface area contributed by atoms with Gasteiger partial charge in [-0.1, -0.05) is 37.5 Å². The van der Waals surface area contributed by atoms with Crippen molar-refractivity contribution in [2.24, 2.45) is 5.92 Å². The molecule has 3 atom stereocenters. The molecule has 2 rings (SSSR count). The van der Waals surface area contributed by atoms with Gasteiger partial charge in [-0.25, -0.2) is 4.79 Å². The number of hydrogen-bond acceptors (Lipinski definition) is 6. The lowest BCUT2D eigenvalue weighted by atomic mass is 9.92. The molecule has 0 unspecified atom stereocenters. The van der Waals surface area contributed by atoms with Gasteiger partial charge in [-0.2, -0.15) is 0 Å². The van der Waals surface area contributed by atoms with Crippen molar-refractivity contribution in [3.8, 4) is 0 Å². The molecule has 106 valence electrons. The molecule has 19 heavy (non-hydrogen) atoms. The summed E-state index contributed by atoms with van der Waals surface area (Å²) >= 11 is 3.33. The highest BCUT2D eigenvalue weighted by Crippen LogP contribution is 2.53. The number of β-lactam (4-membered cyclic amide) rings is 1. The Morgan fingerprint density at radius 2 is 2.32 bits per heavy atom. The van der Waals surface area contributed by atoms with E-state index < -0.39 is 18.0 Å². The van der Waals surface area contributed by atoms with E-state index in [1.54, 1.807) is 6.92 Å². The smallest absolute Gasteiger partial charge is 0.355 e. The number of alkyl halides is 1. The summed E-state index contributed by atoms with van der Waals surface area (Å²) in [5.74, 6) is -1.14. The number of amides is 1. The van der Waals surface area contributed by atoms with Gasteiger partial charge in [0.1, 0.15) is 11.1 Å². The molecular weight excluding hydrogens is 354 g/mol. The molecule has 1 fully saturated rings. The van der Waals surface area contributed by atoms with Crippen molar-refractivity contribution in [1.29, 1.82) is 0 Å². The molecule has 5 nitrogen and oxygen atoms in total. The van der Waals surface area contributed by atoms with Gasteiger partial charge in [-0.15, -0.1) is 0 Å². The summed E-state index contributed by atoms with van der Waals surface area (Å²) in [6, 6.07) is 0. The fraction of sp³-hybridized carbons (Fsp3) is 0.636. The predicted molar refractivity (Wildman–Crippen MR) is 78.4 cm³/mol. The normalized spacial score (nSPS) is 27.8. The molecule has 1 N–H and O–H groups in total. The molecule has 0 radical (unpaired) electrons. The fourth-order valence-corrected chi connectivity index (χ4v) is 5.93. The van der Waals surface area contributed by atoms with E-state index in [4.69, 9.17) is 4.74 Å². The molecule has 2 aliphatic rings. The minimum Gasteiger partial charge on any atom is -0.464 e. The van der Waals surface area contributed by atoms with Crippen molar-refractivity contribution in [1.82, 2.24) is 4.90 Å². The van der Waals surface area contributed by atoms with Gasteiger partial charge in [0, 0.05) is 10.2 Å². The van der Waals surface area contributed by atoms with E-state index in [9.17, 15) is 14.7 Å². The molecular formula is C11H14BrNO4S2. The number of methoxy groups -OCH3 is 1. The zero-order valence-corrected chi connectivity index (χ0v) is 13.7. The number of rotatable bonds is 4. The van der Waals surface area contributed by atoms with Crippen molar-refractivity contribution in [3.05, 3.63) is 10.6 Å². The molecule has 1 saturated heterocycles. The van der Waals surface area contributed by atoms with Crippen molar-refractivity contribution in [3.63, 3.8) is 0 Å². The van der Waals surface area contributed by atoms with Crippen LogP contribution in [0.15, 0.2) is 10.6 Å². The number of carbonyl (C=O) groups excluding carboxylic acids is 2. The maximum atomic E-state index is 12.1. The summed E-state index contributed by atoms with van der Waals surface area (Å²) in [6.45, 7) is 1.60. The van der Waals surface area contributed by atoms with Gasteiger partial charge in [0.25, 0.3) is 0 Å². The average Bonchev–Trinajstić information content (AvgIpc) is 2.37. The third kappa shape index (κ3) is 2.55. The van der Waals surface area contributed by atoms with Crippen molar-refractivity contribution in [2.75, 3.05) is 12.4 Å². The number of nitrogens with zero attached hydrogens (tertiary/aromatic N) is 1. The summed E-state index contributed by atoms with van der Waals surface area (Å²) in [4.78, 5) is 26.3. The Balaban J connectivity index is 2.32. The van der Waals surface area contributed by atoms with E-state index in [2.05, 4.69) is 15.9 Å². The second-order valence-electron chi connectivity index (χ2n) is 4.25. The van der Waals surface area contributed by atoms with Crippen LogP contribution in [0.3, 0.4) is 0 Å². The SMILES string of the molecule is COC(=O)C1=C(CCBr)SS[C@@H]2[C@@H]([C@@H](C)O)C(=O)N12. The Morgan fingerprint density at radius 3 is 2.84 bits per heavy atom. The Kier molecular flexibility index (Phi) is 4.86. The number of aliphatic hydroxyl groups excluding tert-OH is 1. The monoisotopic (exact) mass is 367 g/mol. The molecule has 2 heterocycles. The molecule has 1 amide bonds. The van der Waals surface area contributed by atoms with Crippen LogP contribution in [0.5, 0.6) is 0 Å². The lowest BCUT2D eigenvalue weighted by molar-refractivity contribution is -0.158. The van der Waals surface area contributed by atoms with Gasteiger partial charge in [0.05, 0.1) is 19.1 Å². The van der Waals surface area contributed by atoms with Crippen molar-refractivity contribution < 1.29 is 19.4 Å². The summed E-state index contributed by atoms with van der Waals surface area (Å²) in [5, 5.41) is 10.1. The van der Waals surface area contributed by atoms with Gasteiger partial charge in [0.15, 0.2) is 0 Å². The second-order valence-corrected chi connectivity index (χ2v) is 7.45. The minimum absolute atomic E-state index is 0.189. The highest BCUT2D eigenvalue weighted by molar-refractivity contribution is 9.09. The van der Waals surface area contributed by atoms with Crippen LogP contribution < -0.4 is 0 Å². The van der Waals surface area contributed by atoms with Crippen LogP contribution in [0.4, 0.5) is 0 Å². The molecule has 0 spiro atoms. The first-order valence-electron chi connectivity index (χ1n) is 5.74. The van der Waals surface area contributed by atoms with Gasteiger partial charge in [0.2, 0.25) is 5.91 Å². The van der Waals surface area contributed by atoms with Crippen molar-refractivity contribution in [2.45, 2.75) is 24.8 Å². The van der Waals surface area contributed by atoms with Crippen molar-refractivity contribution >= 4 is 49.4 Å². The molecule has 0 aromatic carbocycles. The van der Waals surface area contributed by atoms with Gasteiger partial charge >= 0.3 is 5.97 Å². The van der Waals surface area contributed by atoms with E-state index >= 15 is 0 Å². The molecule has 0 aliphatic carbocycles. The maximum Gasteiger partial charge on any atom is 0.355 e. The van der Waals surface area contributed by atoms with Gasteiger partial charge in [-0.3, -0.25) is 9.69 Å². The Labute approximate surface area is 127 Å². The van der Waals surface area contributed by atoms with E-state index in [1.165, 1.54) is 33.6 Å². The van der Waals surface area contributed by atoms with Crippen LogP contribution in [0, 0.1) is 5.92 Å². The lowest BCUT2D eigenvalue weighted by Gasteiger charge is -2.50. The number of fused-ring (bicyclic) bond motifs is 1. The number of allylic oxidation sites excluding steroid dienone is 1. The standard InChI is InChI=1S/C11H14BrNO4S2/c1-5(14)7-9(15)13-8(11(16)17-2)6(3-4-12)18-19-10(7)13/h5,7,10,14H,3-4H2,1-2H3/t5-,7+,10-/m1/s1. The number of carbonyl (C=O) groups is 2. The number of aliphatic hydroxyl groups is 1. The average molecular weight is 368 g/mol. The predicted octanol–water partition coefficient (Wildman–Crippen LogP) is 1.72. The van der Waals surface area contributed by atoms with E-state index in [1.807, 2.05) is 0 Å². The van der Waals surface area contributed by atoms with Gasteiger partial charge < -0.3 is 9.84 Å². The summed E-state index contributed by atoms with van der Waals surface area (Å²) in [7, 11) is 4.30. The molecule has 2 aliphatic heterocycles. The third-order valence-corrected chi connectivity index (χ3v) is 6.33. The second kappa shape index (κ2) is 6.07. The molecule has 8 heteroatoms. The molecule has 0 bridgehead atoms. The first-order valence-corrected chi connectivity index (χ1v) is 9.08.